The van der Waals surface area contributed by atoms with E-state index < -0.39 is 0 Å². The van der Waals surface area contributed by atoms with Gasteiger partial charge in [0, 0.05) is 17.7 Å². The van der Waals surface area contributed by atoms with Crippen molar-refractivity contribution in [3.05, 3.63) is 77.9 Å². The van der Waals surface area contributed by atoms with Gasteiger partial charge in [-0.15, -0.1) is 10.2 Å². The van der Waals surface area contributed by atoms with Gasteiger partial charge < -0.3 is 4.57 Å². The van der Waals surface area contributed by atoms with E-state index >= 15 is 0 Å². The molecule has 1 amide bonds. The number of fused-ring (bicyclic) bond motifs is 1. The number of thioether (sulfide) groups is 1. The fourth-order valence-corrected chi connectivity index (χ4v) is 4.51. The molecule has 0 bridgehead atoms. The second-order valence-electron chi connectivity index (χ2n) is 9.03. The van der Waals surface area contributed by atoms with Crippen molar-refractivity contribution in [3.63, 3.8) is 0 Å². The number of aromatic nitrogens is 3. The molecule has 0 aliphatic rings. The van der Waals surface area contributed by atoms with Crippen LogP contribution >= 0.6 is 11.8 Å². The number of hydrogen-bond acceptors (Lipinski definition) is 5. The number of rotatable bonds is 7. The van der Waals surface area contributed by atoms with Gasteiger partial charge in [0.2, 0.25) is 0 Å². The van der Waals surface area contributed by atoms with Crippen molar-refractivity contribution >= 4 is 34.7 Å². The molecule has 3 aromatic carbocycles. The summed E-state index contributed by atoms with van der Waals surface area (Å²) >= 11 is 1.35. The van der Waals surface area contributed by atoms with Gasteiger partial charge in [-0.05, 0) is 28.7 Å². The zero-order chi connectivity index (χ0) is 24.1. The largest absolute Gasteiger partial charge is 0.302 e. The quantitative estimate of drug-likeness (QED) is 0.214. The lowest BCUT2D eigenvalue weighted by atomic mass is 9.87. The summed E-state index contributed by atoms with van der Waals surface area (Å²) in [5.41, 5.74) is 5.96. The molecule has 4 rings (SSSR count). The fourth-order valence-electron chi connectivity index (χ4n) is 3.71. The molecule has 0 aliphatic heterocycles. The van der Waals surface area contributed by atoms with Gasteiger partial charge in [0.25, 0.3) is 5.91 Å². The predicted molar refractivity (Wildman–Crippen MR) is 140 cm³/mol. The molecule has 0 fully saturated rings. The van der Waals surface area contributed by atoms with E-state index in [-0.39, 0.29) is 17.1 Å². The van der Waals surface area contributed by atoms with E-state index in [1.54, 1.807) is 6.21 Å². The van der Waals surface area contributed by atoms with Gasteiger partial charge in [-0.1, -0.05) is 99.3 Å². The maximum atomic E-state index is 12.4. The number of hydrazone groups is 1. The van der Waals surface area contributed by atoms with Crippen LogP contribution in [0.15, 0.2) is 77.0 Å². The van der Waals surface area contributed by atoms with Crippen molar-refractivity contribution in [2.45, 2.75) is 44.8 Å². The Balaban J connectivity index is 1.39. The fraction of sp³-hybridized carbons (Fsp3) is 0.259. The molecule has 1 N–H and O–H groups in total. The lowest BCUT2D eigenvalue weighted by Crippen LogP contribution is -2.20. The van der Waals surface area contributed by atoms with E-state index in [1.165, 1.54) is 17.3 Å². The van der Waals surface area contributed by atoms with Gasteiger partial charge in [-0.2, -0.15) is 5.10 Å². The van der Waals surface area contributed by atoms with Crippen molar-refractivity contribution in [1.29, 1.82) is 0 Å². The first-order valence-electron chi connectivity index (χ1n) is 11.3. The Bertz CT molecular complexity index is 1310. The molecule has 6 nitrogen and oxygen atoms in total. The summed E-state index contributed by atoms with van der Waals surface area (Å²) in [5.74, 6) is 0.816. The average Bonchev–Trinajstić information content (AvgIpc) is 3.25. The van der Waals surface area contributed by atoms with Crippen LogP contribution in [-0.4, -0.2) is 32.6 Å². The molecule has 0 saturated heterocycles. The van der Waals surface area contributed by atoms with Crippen LogP contribution in [-0.2, 0) is 16.8 Å². The van der Waals surface area contributed by atoms with E-state index in [9.17, 15) is 4.79 Å². The van der Waals surface area contributed by atoms with Gasteiger partial charge in [0.1, 0.15) is 0 Å². The Morgan fingerprint density at radius 1 is 1.03 bits per heavy atom. The molecule has 0 unspecified atom stereocenters. The first kappa shape index (κ1) is 23.7. The summed E-state index contributed by atoms with van der Waals surface area (Å²) in [4.78, 5) is 12.4. The Hall–Kier alpha value is -3.45. The van der Waals surface area contributed by atoms with Gasteiger partial charge in [-0.3, -0.25) is 4.79 Å². The molecule has 1 heterocycles. The molecule has 34 heavy (non-hydrogen) atoms. The lowest BCUT2D eigenvalue weighted by Gasteiger charge is -2.19. The lowest BCUT2D eigenvalue weighted by molar-refractivity contribution is -0.118. The van der Waals surface area contributed by atoms with Crippen LogP contribution in [0.5, 0.6) is 0 Å². The van der Waals surface area contributed by atoms with E-state index in [0.29, 0.717) is 11.7 Å². The zero-order valence-corrected chi connectivity index (χ0v) is 20.8. The molecule has 0 atom stereocenters. The average molecular weight is 472 g/mol. The minimum atomic E-state index is -0.191. The third-order valence-electron chi connectivity index (χ3n) is 5.59. The van der Waals surface area contributed by atoms with Crippen LogP contribution in [0.25, 0.3) is 22.2 Å². The number of hydrogen-bond donors (Lipinski definition) is 1. The van der Waals surface area contributed by atoms with E-state index in [2.05, 4.69) is 84.8 Å². The van der Waals surface area contributed by atoms with Crippen molar-refractivity contribution in [2.24, 2.45) is 5.10 Å². The van der Waals surface area contributed by atoms with Gasteiger partial charge in [0.05, 0.1) is 12.0 Å². The Labute approximate surface area is 204 Å². The first-order chi connectivity index (χ1) is 16.4. The second kappa shape index (κ2) is 10.2. The minimum absolute atomic E-state index is 0.0986. The van der Waals surface area contributed by atoms with Crippen LogP contribution in [0, 0.1) is 0 Å². The number of carbonyl (C=O) groups excluding carboxylic acids is 1. The first-order valence-corrected chi connectivity index (χ1v) is 12.3. The molecule has 0 saturated carbocycles. The highest BCUT2D eigenvalue weighted by atomic mass is 32.2. The Morgan fingerprint density at radius 3 is 2.50 bits per heavy atom. The second-order valence-corrected chi connectivity index (χ2v) is 9.97. The maximum Gasteiger partial charge on any atom is 0.250 e. The number of benzene rings is 3. The van der Waals surface area contributed by atoms with E-state index in [4.69, 9.17) is 0 Å². The molecule has 0 aliphatic carbocycles. The Kier molecular flexibility index (Phi) is 7.12. The maximum absolute atomic E-state index is 12.4. The molecule has 174 valence electrons. The van der Waals surface area contributed by atoms with Crippen molar-refractivity contribution in [2.75, 3.05) is 5.75 Å². The summed E-state index contributed by atoms with van der Waals surface area (Å²) in [7, 11) is 0. The molecule has 0 radical (unpaired) electrons. The highest BCUT2D eigenvalue weighted by Gasteiger charge is 2.17. The van der Waals surface area contributed by atoms with Crippen molar-refractivity contribution < 1.29 is 4.79 Å². The van der Waals surface area contributed by atoms with Gasteiger partial charge >= 0.3 is 0 Å². The monoisotopic (exact) mass is 471 g/mol. The zero-order valence-electron chi connectivity index (χ0n) is 19.9. The van der Waals surface area contributed by atoms with Gasteiger partial charge in [-0.25, -0.2) is 5.43 Å². The van der Waals surface area contributed by atoms with Crippen LogP contribution in [0.4, 0.5) is 0 Å². The van der Waals surface area contributed by atoms with Crippen LogP contribution in [0.3, 0.4) is 0 Å². The van der Waals surface area contributed by atoms with Gasteiger partial charge in [0.15, 0.2) is 11.0 Å². The summed E-state index contributed by atoms with van der Waals surface area (Å²) in [5, 5.41) is 15.8. The Morgan fingerprint density at radius 2 is 1.76 bits per heavy atom. The third kappa shape index (κ3) is 5.37. The molecule has 1 aromatic heterocycles. The van der Waals surface area contributed by atoms with Crippen molar-refractivity contribution in [3.8, 4) is 11.4 Å². The minimum Gasteiger partial charge on any atom is -0.302 e. The van der Waals surface area contributed by atoms with E-state index in [0.717, 1.165) is 27.7 Å². The summed E-state index contributed by atoms with van der Waals surface area (Å²) in [6.45, 7) is 9.36. The van der Waals surface area contributed by atoms with Crippen molar-refractivity contribution in [1.82, 2.24) is 20.2 Å². The third-order valence-corrected chi connectivity index (χ3v) is 6.56. The SMILES string of the molecule is CCn1c(SCC(=O)N/N=C/c2cccc3ccccc23)nnc1-c1ccc(C(C)(C)C)cc1. The summed E-state index contributed by atoms with van der Waals surface area (Å²) in [6, 6.07) is 22.5. The predicted octanol–water partition coefficient (Wildman–Crippen LogP) is 5.66. The molecule has 0 spiro atoms. The highest BCUT2D eigenvalue weighted by Crippen LogP contribution is 2.27. The van der Waals surface area contributed by atoms with Crippen LogP contribution in [0.2, 0.25) is 0 Å². The molecular formula is C27H29N5OS. The number of nitrogens with zero attached hydrogens (tertiary/aromatic N) is 4. The van der Waals surface area contributed by atoms with Crippen LogP contribution < -0.4 is 5.43 Å². The molecule has 7 heteroatoms. The number of amides is 1. The molecule has 4 aromatic rings. The normalized spacial score (nSPS) is 11.9. The standard InChI is InChI=1S/C27H29N5OS/c1-5-32-25(20-13-15-22(16-14-20)27(2,3)4)30-31-26(32)34-18-24(33)29-28-17-21-11-8-10-19-9-6-7-12-23(19)21/h6-17H,5,18H2,1-4H3,(H,29,33)/b28-17+. The topological polar surface area (TPSA) is 72.2 Å². The smallest absolute Gasteiger partial charge is 0.250 e. The number of nitrogens with one attached hydrogen (secondary N) is 1. The van der Waals surface area contributed by atoms with Crippen LogP contribution in [0.1, 0.15) is 38.8 Å². The van der Waals surface area contributed by atoms with E-state index in [1.807, 2.05) is 34.9 Å². The molecular weight excluding hydrogens is 442 g/mol. The number of carbonyl (C=O) groups is 1. The summed E-state index contributed by atoms with van der Waals surface area (Å²) < 4.78 is 2.03. The summed E-state index contributed by atoms with van der Waals surface area (Å²) in [6.07, 6.45) is 1.68. The highest BCUT2D eigenvalue weighted by molar-refractivity contribution is 7.99.